The van der Waals surface area contributed by atoms with Gasteiger partial charge in [0.05, 0.1) is 0 Å². The summed E-state index contributed by atoms with van der Waals surface area (Å²) in [5, 5.41) is 23.6. The Hall–Kier alpha value is -1.89. The number of benzene rings is 1. The van der Waals surface area contributed by atoms with Crippen LogP contribution in [-0.2, 0) is 0 Å². The number of nitrogens with zero attached hydrogens (tertiary/aromatic N) is 3. The van der Waals surface area contributed by atoms with Crippen LogP contribution in [0, 0.1) is 11.5 Å². The van der Waals surface area contributed by atoms with Crippen molar-refractivity contribution in [2.24, 2.45) is 10.2 Å². The lowest BCUT2D eigenvalue weighted by molar-refractivity contribution is 0.476. The van der Waals surface area contributed by atoms with Gasteiger partial charge in [-0.25, -0.2) is 0 Å². The molecular formula is C7H5N3O. The van der Waals surface area contributed by atoms with Gasteiger partial charge in [0.2, 0.25) is 6.19 Å². The number of para-hydroxylation sites is 1. The highest BCUT2D eigenvalue weighted by Gasteiger charge is 1.94. The zero-order chi connectivity index (χ0) is 8.10. The van der Waals surface area contributed by atoms with Crippen molar-refractivity contribution in [3.05, 3.63) is 24.3 Å². The molecule has 54 valence electrons. The smallest absolute Gasteiger partial charge is 0.226 e. The van der Waals surface area contributed by atoms with Crippen LogP contribution in [0.1, 0.15) is 0 Å². The van der Waals surface area contributed by atoms with Crippen LogP contribution in [0.15, 0.2) is 34.5 Å². The lowest BCUT2D eigenvalue weighted by Gasteiger charge is -1.92. The Morgan fingerprint density at radius 2 is 2.09 bits per heavy atom. The van der Waals surface area contributed by atoms with E-state index in [1.54, 1.807) is 18.2 Å². The summed E-state index contributed by atoms with van der Waals surface area (Å²) in [6, 6.07) is 6.41. The summed E-state index contributed by atoms with van der Waals surface area (Å²) in [5.74, 6) is 0.0199. The highest BCUT2D eigenvalue weighted by molar-refractivity contribution is 5.49. The second-order valence-corrected chi connectivity index (χ2v) is 1.79. The molecule has 0 unspecified atom stereocenters. The number of azo groups is 1. The van der Waals surface area contributed by atoms with Crippen molar-refractivity contribution < 1.29 is 5.11 Å². The number of aromatic hydroxyl groups is 1. The Morgan fingerprint density at radius 1 is 1.36 bits per heavy atom. The molecule has 0 radical (unpaired) electrons. The van der Waals surface area contributed by atoms with E-state index >= 15 is 0 Å². The molecule has 0 saturated heterocycles. The maximum Gasteiger partial charge on any atom is 0.226 e. The summed E-state index contributed by atoms with van der Waals surface area (Å²) < 4.78 is 0. The molecule has 0 saturated carbocycles. The summed E-state index contributed by atoms with van der Waals surface area (Å²) in [5.41, 5.74) is 0.300. The van der Waals surface area contributed by atoms with Crippen molar-refractivity contribution >= 4 is 5.69 Å². The van der Waals surface area contributed by atoms with Gasteiger partial charge in [0.15, 0.2) is 0 Å². The first-order valence-electron chi connectivity index (χ1n) is 2.92. The fraction of sp³-hybridized carbons (Fsp3) is 0. The molecule has 0 fully saturated rings. The molecule has 0 spiro atoms. The SMILES string of the molecule is N#CN=Nc1ccccc1O. The Bertz CT molecular complexity index is 314. The second kappa shape index (κ2) is 3.32. The van der Waals surface area contributed by atoms with Crippen LogP contribution >= 0.6 is 0 Å². The predicted molar refractivity (Wildman–Crippen MR) is 38.2 cm³/mol. The molecule has 0 aliphatic rings. The lowest BCUT2D eigenvalue weighted by atomic mass is 10.3. The molecule has 1 rings (SSSR count). The van der Waals surface area contributed by atoms with E-state index in [0.29, 0.717) is 5.69 Å². The van der Waals surface area contributed by atoms with Crippen molar-refractivity contribution in [2.75, 3.05) is 0 Å². The van der Waals surface area contributed by atoms with Gasteiger partial charge in [-0.1, -0.05) is 17.2 Å². The van der Waals surface area contributed by atoms with E-state index in [2.05, 4.69) is 10.2 Å². The quantitative estimate of drug-likeness (QED) is 0.487. The first-order chi connectivity index (χ1) is 5.34. The topological polar surface area (TPSA) is 68.7 Å². The molecule has 1 N–H and O–H groups in total. The van der Waals surface area contributed by atoms with Gasteiger partial charge in [0, 0.05) is 0 Å². The lowest BCUT2D eigenvalue weighted by Crippen LogP contribution is -1.64. The first-order valence-corrected chi connectivity index (χ1v) is 2.92. The number of hydrogen-bond acceptors (Lipinski definition) is 4. The summed E-state index contributed by atoms with van der Waals surface area (Å²) in [7, 11) is 0. The van der Waals surface area contributed by atoms with Gasteiger partial charge in [-0.15, -0.1) is 5.11 Å². The average Bonchev–Trinajstić information content (AvgIpc) is 2.03. The molecular weight excluding hydrogens is 142 g/mol. The van der Waals surface area contributed by atoms with Gasteiger partial charge in [-0.2, -0.15) is 5.26 Å². The Balaban J connectivity index is 2.97. The summed E-state index contributed by atoms with van der Waals surface area (Å²) in [6.45, 7) is 0. The van der Waals surface area contributed by atoms with Gasteiger partial charge in [-0.05, 0) is 12.1 Å². The van der Waals surface area contributed by atoms with Crippen LogP contribution in [0.3, 0.4) is 0 Å². The fourth-order valence-electron chi connectivity index (χ4n) is 0.625. The Labute approximate surface area is 63.4 Å². The number of nitriles is 1. The number of hydrogen-bond donors (Lipinski definition) is 1. The van der Waals surface area contributed by atoms with Crippen molar-refractivity contribution in [3.63, 3.8) is 0 Å². The van der Waals surface area contributed by atoms with Gasteiger partial charge in [0.1, 0.15) is 11.4 Å². The van der Waals surface area contributed by atoms with E-state index in [1.807, 2.05) is 0 Å². The normalized spacial score (nSPS) is 9.73. The van der Waals surface area contributed by atoms with Crippen LogP contribution in [0.5, 0.6) is 5.75 Å². The maximum absolute atomic E-state index is 9.07. The molecule has 0 heterocycles. The molecule has 0 bridgehead atoms. The number of phenolic OH excluding ortho intramolecular Hbond substituents is 1. The molecule has 0 aromatic heterocycles. The molecule has 1 aromatic carbocycles. The molecule has 0 aliphatic heterocycles. The Morgan fingerprint density at radius 3 is 2.73 bits per heavy atom. The zero-order valence-corrected chi connectivity index (χ0v) is 5.60. The van der Waals surface area contributed by atoms with Crippen LogP contribution in [-0.4, -0.2) is 5.11 Å². The van der Waals surface area contributed by atoms with E-state index < -0.39 is 0 Å². The second-order valence-electron chi connectivity index (χ2n) is 1.79. The third-order valence-electron chi connectivity index (χ3n) is 1.08. The molecule has 4 nitrogen and oxygen atoms in total. The number of rotatable bonds is 1. The van der Waals surface area contributed by atoms with E-state index in [-0.39, 0.29) is 5.75 Å². The zero-order valence-electron chi connectivity index (χ0n) is 5.60. The van der Waals surface area contributed by atoms with Crippen LogP contribution in [0.2, 0.25) is 0 Å². The van der Waals surface area contributed by atoms with E-state index in [0.717, 1.165) is 0 Å². The van der Waals surface area contributed by atoms with Gasteiger partial charge in [0.25, 0.3) is 0 Å². The van der Waals surface area contributed by atoms with Crippen LogP contribution < -0.4 is 0 Å². The summed E-state index contributed by atoms with van der Waals surface area (Å²) >= 11 is 0. The summed E-state index contributed by atoms with van der Waals surface area (Å²) in [6.07, 6.45) is 1.49. The Kier molecular flexibility index (Phi) is 2.18. The molecule has 11 heavy (non-hydrogen) atoms. The highest BCUT2D eigenvalue weighted by atomic mass is 16.3. The standard InChI is InChI=1S/C7H5N3O/c8-5-9-10-6-3-1-2-4-7(6)11/h1-4,11H. The highest BCUT2D eigenvalue weighted by Crippen LogP contribution is 2.24. The van der Waals surface area contributed by atoms with E-state index in [1.165, 1.54) is 12.3 Å². The largest absolute Gasteiger partial charge is 0.506 e. The molecule has 4 heteroatoms. The van der Waals surface area contributed by atoms with E-state index in [9.17, 15) is 0 Å². The minimum Gasteiger partial charge on any atom is -0.506 e. The third-order valence-corrected chi connectivity index (χ3v) is 1.08. The maximum atomic E-state index is 9.07. The molecule has 1 aromatic rings. The monoisotopic (exact) mass is 147 g/mol. The molecule has 0 aliphatic carbocycles. The minimum atomic E-state index is 0.0199. The number of phenols is 1. The fourth-order valence-corrected chi connectivity index (χ4v) is 0.625. The van der Waals surface area contributed by atoms with Crippen molar-refractivity contribution in [1.29, 1.82) is 5.26 Å². The molecule has 0 amide bonds. The van der Waals surface area contributed by atoms with Gasteiger partial charge < -0.3 is 5.11 Å². The third kappa shape index (κ3) is 1.76. The van der Waals surface area contributed by atoms with E-state index in [4.69, 9.17) is 10.4 Å². The first kappa shape index (κ1) is 7.22. The van der Waals surface area contributed by atoms with Crippen molar-refractivity contribution in [3.8, 4) is 11.9 Å². The molecule has 0 atom stereocenters. The van der Waals surface area contributed by atoms with Gasteiger partial charge >= 0.3 is 0 Å². The van der Waals surface area contributed by atoms with Crippen molar-refractivity contribution in [1.82, 2.24) is 0 Å². The average molecular weight is 147 g/mol. The summed E-state index contributed by atoms with van der Waals surface area (Å²) in [4.78, 5) is 0. The van der Waals surface area contributed by atoms with Crippen molar-refractivity contribution in [2.45, 2.75) is 0 Å². The van der Waals surface area contributed by atoms with Gasteiger partial charge in [-0.3, -0.25) is 0 Å². The van der Waals surface area contributed by atoms with Crippen LogP contribution in [0.4, 0.5) is 5.69 Å². The van der Waals surface area contributed by atoms with Crippen LogP contribution in [0.25, 0.3) is 0 Å². The predicted octanol–water partition coefficient (Wildman–Crippen LogP) is 1.96. The minimum absolute atomic E-state index is 0.0199.